The normalized spacial score (nSPS) is 10.5. The van der Waals surface area contributed by atoms with Crippen LogP contribution in [0.15, 0.2) is 66.7 Å². The van der Waals surface area contributed by atoms with Gasteiger partial charge in [0.1, 0.15) is 5.75 Å². The first kappa shape index (κ1) is 18.5. The van der Waals surface area contributed by atoms with Crippen molar-refractivity contribution in [3.63, 3.8) is 0 Å². The van der Waals surface area contributed by atoms with Crippen LogP contribution >= 0.6 is 0 Å². The first-order valence-corrected chi connectivity index (χ1v) is 8.91. The monoisotopic (exact) mass is 362 g/mol. The fourth-order valence-corrected chi connectivity index (χ4v) is 3.26. The molecule has 5 heteroatoms. The maximum atomic E-state index is 11.4. The molecule has 138 valence electrons. The van der Waals surface area contributed by atoms with E-state index in [1.54, 1.807) is 23.7 Å². The summed E-state index contributed by atoms with van der Waals surface area (Å²) in [5, 5.41) is 20.8. The Morgan fingerprint density at radius 3 is 2.30 bits per heavy atom. The average Bonchev–Trinajstić information content (AvgIpc) is 3.04. The fourth-order valence-electron chi connectivity index (χ4n) is 3.26. The maximum absolute atomic E-state index is 11.4. The van der Waals surface area contributed by atoms with Crippen molar-refractivity contribution in [3.8, 4) is 5.75 Å². The van der Waals surface area contributed by atoms with Gasteiger partial charge in [0.05, 0.1) is 5.52 Å². The number of benzene rings is 3. The number of carbonyl (C=O) groups excluding carboxylic acids is 1. The van der Waals surface area contributed by atoms with Crippen molar-refractivity contribution in [1.29, 1.82) is 0 Å². The minimum absolute atomic E-state index is 0.266. The second-order valence-corrected chi connectivity index (χ2v) is 5.91. The highest BCUT2D eigenvalue weighted by atomic mass is 16.5. The Morgan fingerprint density at radius 2 is 1.59 bits per heavy atom. The van der Waals surface area contributed by atoms with E-state index in [2.05, 4.69) is 4.57 Å². The standard InChI is InChI=1S/C20H16N2O3.C2H6/c23-18-7-3-6-17-19(18)15-4-1-2-5-16(15)22(17)12-13-8-10-14(11-9-13)20(24)21-25;1-2/h1-11,23,25H,12H2,(H,21,24);1-2H3. The van der Waals surface area contributed by atoms with Crippen LogP contribution in [-0.4, -0.2) is 20.8 Å². The summed E-state index contributed by atoms with van der Waals surface area (Å²) in [5.74, 6) is -0.268. The van der Waals surface area contributed by atoms with Crippen molar-refractivity contribution < 1.29 is 15.1 Å². The lowest BCUT2D eigenvalue weighted by molar-refractivity contribution is 0.0706. The van der Waals surface area contributed by atoms with Crippen LogP contribution in [-0.2, 0) is 6.54 Å². The SMILES string of the molecule is CC.O=C(NO)c1ccc(Cn2c3ccccc3c3c(O)cccc32)cc1. The number of para-hydroxylation sites is 1. The molecule has 1 aromatic heterocycles. The molecule has 0 aliphatic heterocycles. The molecule has 0 saturated heterocycles. The smallest absolute Gasteiger partial charge is 0.274 e. The van der Waals surface area contributed by atoms with Gasteiger partial charge >= 0.3 is 0 Å². The summed E-state index contributed by atoms with van der Waals surface area (Å²) in [5.41, 5.74) is 5.03. The Kier molecular flexibility index (Phi) is 5.43. The highest BCUT2D eigenvalue weighted by Gasteiger charge is 2.13. The van der Waals surface area contributed by atoms with Gasteiger partial charge in [-0.25, -0.2) is 5.48 Å². The van der Waals surface area contributed by atoms with Crippen LogP contribution in [0.5, 0.6) is 5.75 Å². The van der Waals surface area contributed by atoms with Gasteiger partial charge in [0.15, 0.2) is 0 Å². The van der Waals surface area contributed by atoms with Crippen LogP contribution in [0, 0.1) is 0 Å². The van der Waals surface area contributed by atoms with Crippen LogP contribution in [0.25, 0.3) is 21.8 Å². The summed E-state index contributed by atoms with van der Waals surface area (Å²) in [4.78, 5) is 11.4. The lowest BCUT2D eigenvalue weighted by atomic mass is 10.1. The van der Waals surface area contributed by atoms with E-state index in [9.17, 15) is 9.90 Å². The first-order chi connectivity index (χ1) is 13.2. The van der Waals surface area contributed by atoms with Crippen LogP contribution in [0.3, 0.4) is 0 Å². The molecule has 0 atom stereocenters. The number of hydroxylamine groups is 1. The predicted molar refractivity (Wildman–Crippen MR) is 107 cm³/mol. The third-order valence-electron chi connectivity index (χ3n) is 4.43. The van der Waals surface area contributed by atoms with Gasteiger partial charge in [-0.2, -0.15) is 0 Å². The second kappa shape index (κ2) is 7.93. The van der Waals surface area contributed by atoms with Crippen LogP contribution in [0.4, 0.5) is 0 Å². The maximum Gasteiger partial charge on any atom is 0.274 e. The fraction of sp³-hybridized carbons (Fsp3) is 0.136. The van der Waals surface area contributed by atoms with Gasteiger partial charge in [-0.1, -0.05) is 50.2 Å². The van der Waals surface area contributed by atoms with Gasteiger partial charge in [-0.05, 0) is 35.9 Å². The van der Waals surface area contributed by atoms with E-state index in [0.717, 1.165) is 27.4 Å². The van der Waals surface area contributed by atoms with E-state index in [-0.39, 0.29) is 5.75 Å². The molecule has 0 unspecified atom stereocenters. The summed E-state index contributed by atoms with van der Waals surface area (Å²) in [6.07, 6.45) is 0. The van der Waals surface area contributed by atoms with Gasteiger partial charge in [0.2, 0.25) is 0 Å². The van der Waals surface area contributed by atoms with Gasteiger partial charge in [-0.3, -0.25) is 10.0 Å². The molecule has 0 spiro atoms. The molecule has 5 nitrogen and oxygen atoms in total. The zero-order valence-electron chi connectivity index (χ0n) is 15.3. The number of fused-ring (bicyclic) bond motifs is 3. The van der Waals surface area contributed by atoms with Crippen molar-refractivity contribution in [2.45, 2.75) is 20.4 Å². The molecule has 3 aromatic carbocycles. The average molecular weight is 362 g/mol. The van der Waals surface area contributed by atoms with E-state index in [4.69, 9.17) is 5.21 Å². The third-order valence-corrected chi connectivity index (χ3v) is 4.43. The number of nitrogens with zero attached hydrogens (tertiary/aromatic N) is 1. The quantitative estimate of drug-likeness (QED) is 0.365. The minimum Gasteiger partial charge on any atom is -0.507 e. The molecule has 4 rings (SSSR count). The zero-order chi connectivity index (χ0) is 19.4. The molecule has 0 aliphatic carbocycles. The van der Waals surface area contributed by atoms with Crippen molar-refractivity contribution in [2.24, 2.45) is 0 Å². The number of hydrogen-bond donors (Lipinski definition) is 3. The van der Waals surface area contributed by atoms with Crippen molar-refractivity contribution in [1.82, 2.24) is 10.0 Å². The Morgan fingerprint density at radius 1 is 0.926 bits per heavy atom. The van der Waals surface area contributed by atoms with E-state index >= 15 is 0 Å². The van der Waals surface area contributed by atoms with Gasteiger partial charge in [0.25, 0.3) is 5.91 Å². The van der Waals surface area contributed by atoms with Crippen molar-refractivity contribution in [2.75, 3.05) is 0 Å². The number of phenolic OH excluding ortho intramolecular Hbond substituents is 1. The van der Waals surface area contributed by atoms with E-state index in [1.165, 1.54) is 0 Å². The molecule has 1 heterocycles. The van der Waals surface area contributed by atoms with Gasteiger partial charge in [-0.15, -0.1) is 0 Å². The molecule has 3 N–H and O–H groups in total. The summed E-state index contributed by atoms with van der Waals surface area (Å²) in [6.45, 7) is 4.61. The topological polar surface area (TPSA) is 74.5 Å². The van der Waals surface area contributed by atoms with Crippen LogP contribution < -0.4 is 5.48 Å². The van der Waals surface area contributed by atoms with Gasteiger partial charge in [0, 0.05) is 28.4 Å². The number of hydrogen-bond acceptors (Lipinski definition) is 3. The lowest BCUT2D eigenvalue weighted by Crippen LogP contribution is -2.18. The molecule has 0 radical (unpaired) electrons. The van der Waals surface area contributed by atoms with Gasteiger partial charge < -0.3 is 9.67 Å². The van der Waals surface area contributed by atoms with E-state index in [0.29, 0.717) is 12.1 Å². The van der Waals surface area contributed by atoms with Crippen LogP contribution in [0.1, 0.15) is 29.8 Å². The molecule has 0 aliphatic rings. The first-order valence-electron chi connectivity index (χ1n) is 8.91. The molecule has 27 heavy (non-hydrogen) atoms. The number of phenols is 1. The van der Waals surface area contributed by atoms with Crippen molar-refractivity contribution in [3.05, 3.63) is 77.9 Å². The molecule has 4 aromatic rings. The third kappa shape index (κ3) is 3.37. The van der Waals surface area contributed by atoms with E-state index in [1.807, 2.05) is 62.4 Å². The summed E-state index contributed by atoms with van der Waals surface area (Å²) >= 11 is 0. The zero-order valence-corrected chi connectivity index (χ0v) is 15.3. The predicted octanol–water partition coefficient (Wildman–Crippen LogP) is 4.69. The summed E-state index contributed by atoms with van der Waals surface area (Å²) < 4.78 is 2.14. The number of carbonyl (C=O) groups is 1. The second-order valence-electron chi connectivity index (χ2n) is 5.91. The minimum atomic E-state index is -0.534. The number of nitrogens with one attached hydrogen (secondary N) is 1. The molecule has 0 saturated carbocycles. The Bertz CT molecular complexity index is 1080. The number of rotatable bonds is 3. The molecule has 0 bridgehead atoms. The number of aromatic hydroxyl groups is 1. The van der Waals surface area contributed by atoms with Crippen LogP contribution in [0.2, 0.25) is 0 Å². The molecule has 1 amide bonds. The Labute approximate surface area is 157 Å². The summed E-state index contributed by atoms with van der Waals surface area (Å²) in [6, 6.07) is 20.5. The highest BCUT2D eigenvalue weighted by molar-refractivity contribution is 6.11. The molecule has 0 fully saturated rings. The molecular weight excluding hydrogens is 340 g/mol. The largest absolute Gasteiger partial charge is 0.507 e. The van der Waals surface area contributed by atoms with E-state index < -0.39 is 5.91 Å². The Hall–Kier alpha value is -3.31. The lowest BCUT2D eigenvalue weighted by Gasteiger charge is -2.08. The Balaban J connectivity index is 0.00000102. The number of aromatic nitrogens is 1. The molecular formula is C22H22N2O3. The summed E-state index contributed by atoms with van der Waals surface area (Å²) in [7, 11) is 0. The van der Waals surface area contributed by atoms with Crippen molar-refractivity contribution >= 4 is 27.7 Å². The highest BCUT2D eigenvalue weighted by Crippen LogP contribution is 2.35. The number of amides is 1.